The molecule has 0 aliphatic carbocycles. The third-order valence-corrected chi connectivity index (χ3v) is 3.91. The zero-order chi connectivity index (χ0) is 19.9. The first-order valence-electron chi connectivity index (χ1n) is 9.06. The molecule has 0 aromatic heterocycles. The Labute approximate surface area is 164 Å². The van der Waals surface area contributed by atoms with Gasteiger partial charge in [-0.2, -0.15) is 0 Å². The number of hydrogen-bond acceptors (Lipinski definition) is 3. The van der Waals surface area contributed by atoms with E-state index in [1.807, 2.05) is 38.1 Å². The van der Waals surface area contributed by atoms with E-state index in [2.05, 4.69) is 10.6 Å². The first-order valence-corrected chi connectivity index (χ1v) is 9.06. The van der Waals surface area contributed by atoms with Crippen molar-refractivity contribution in [1.82, 2.24) is 0 Å². The average Bonchev–Trinajstić information content (AvgIpc) is 2.69. The van der Waals surface area contributed by atoms with E-state index in [0.29, 0.717) is 28.3 Å². The monoisotopic (exact) mass is 374 g/mol. The lowest BCUT2D eigenvalue weighted by Crippen LogP contribution is -2.16. The highest BCUT2D eigenvalue weighted by Crippen LogP contribution is 2.22. The third-order valence-electron chi connectivity index (χ3n) is 3.91. The highest BCUT2D eigenvalue weighted by atomic mass is 16.5. The quantitative estimate of drug-likeness (QED) is 0.639. The van der Waals surface area contributed by atoms with Gasteiger partial charge < -0.3 is 15.4 Å². The first-order chi connectivity index (χ1) is 13.5. The molecule has 5 heteroatoms. The zero-order valence-electron chi connectivity index (χ0n) is 15.8. The van der Waals surface area contributed by atoms with Crippen LogP contribution in [0.3, 0.4) is 0 Å². The van der Waals surface area contributed by atoms with E-state index in [-0.39, 0.29) is 17.9 Å². The largest absolute Gasteiger partial charge is 0.490 e. The van der Waals surface area contributed by atoms with E-state index in [1.54, 1.807) is 54.6 Å². The van der Waals surface area contributed by atoms with Crippen molar-refractivity contribution in [2.24, 2.45) is 0 Å². The summed E-state index contributed by atoms with van der Waals surface area (Å²) in [6.45, 7) is 3.82. The molecule has 0 heterocycles. The van der Waals surface area contributed by atoms with Crippen LogP contribution < -0.4 is 15.4 Å². The Balaban J connectivity index is 1.73. The highest BCUT2D eigenvalue weighted by Gasteiger charge is 2.14. The summed E-state index contributed by atoms with van der Waals surface area (Å²) >= 11 is 0. The Morgan fingerprint density at radius 2 is 1.36 bits per heavy atom. The number of ether oxygens (including phenoxy) is 1. The fourth-order valence-corrected chi connectivity index (χ4v) is 2.68. The van der Waals surface area contributed by atoms with Crippen molar-refractivity contribution in [3.8, 4) is 5.75 Å². The molecule has 0 radical (unpaired) electrons. The van der Waals surface area contributed by atoms with Crippen molar-refractivity contribution in [3.63, 3.8) is 0 Å². The van der Waals surface area contributed by atoms with Crippen molar-refractivity contribution in [1.29, 1.82) is 0 Å². The first kappa shape index (κ1) is 19.2. The predicted molar refractivity (Wildman–Crippen MR) is 111 cm³/mol. The van der Waals surface area contributed by atoms with Gasteiger partial charge in [0, 0.05) is 16.9 Å². The van der Waals surface area contributed by atoms with Gasteiger partial charge in [0.15, 0.2) is 0 Å². The summed E-state index contributed by atoms with van der Waals surface area (Å²) in [5.74, 6) is 0.0473. The van der Waals surface area contributed by atoms with Crippen LogP contribution in [0.15, 0.2) is 78.9 Å². The lowest BCUT2D eigenvalue weighted by Gasteiger charge is -2.14. The van der Waals surface area contributed by atoms with Crippen molar-refractivity contribution < 1.29 is 14.3 Å². The number of rotatable bonds is 6. The summed E-state index contributed by atoms with van der Waals surface area (Å²) in [5.41, 5.74) is 2.19. The van der Waals surface area contributed by atoms with Crippen LogP contribution in [0.4, 0.5) is 11.4 Å². The number of hydrogen-bond donors (Lipinski definition) is 2. The molecule has 2 N–H and O–H groups in total. The fraction of sp³-hybridized carbons (Fsp3) is 0.130. The van der Waals surface area contributed by atoms with Gasteiger partial charge >= 0.3 is 0 Å². The maximum Gasteiger partial charge on any atom is 0.259 e. The molecule has 0 fully saturated rings. The van der Waals surface area contributed by atoms with Gasteiger partial charge in [0.1, 0.15) is 5.75 Å². The van der Waals surface area contributed by atoms with Crippen molar-refractivity contribution in [2.45, 2.75) is 20.0 Å². The van der Waals surface area contributed by atoms with E-state index in [1.165, 1.54) is 0 Å². The van der Waals surface area contributed by atoms with Crippen LogP contribution in [0.25, 0.3) is 0 Å². The topological polar surface area (TPSA) is 67.4 Å². The van der Waals surface area contributed by atoms with Gasteiger partial charge in [0.05, 0.1) is 11.7 Å². The molecule has 0 aliphatic heterocycles. The molecule has 0 saturated heterocycles. The number of benzene rings is 3. The summed E-state index contributed by atoms with van der Waals surface area (Å²) in [4.78, 5) is 25.0. The molecule has 0 saturated carbocycles. The smallest absolute Gasteiger partial charge is 0.259 e. The van der Waals surface area contributed by atoms with Crippen LogP contribution in [-0.2, 0) is 0 Å². The minimum absolute atomic E-state index is 0.0366. The van der Waals surface area contributed by atoms with Gasteiger partial charge in [-0.25, -0.2) is 0 Å². The van der Waals surface area contributed by atoms with Gasteiger partial charge in [-0.3, -0.25) is 9.59 Å². The van der Waals surface area contributed by atoms with E-state index < -0.39 is 0 Å². The number of carbonyl (C=O) groups is 2. The van der Waals surface area contributed by atoms with E-state index in [0.717, 1.165) is 0 Å². The normalized spacial score (nSPS) is 10.4. The minimum Gasteiger partial charge on any atom is -0.490 e. The second kappa shape index (κ2) is 8.86. The molecule has 0 bridgehead atoms. The van der Waals surface area contributed by atoms with E-state index >= 15 is 0 Å². The SMILES string of the molecule is CC(C)Oc1ccccc1C(=O)Nc1cccc(NC(=O)c2ccccc2)c1. The third kappa shape index (κ3) is 4.98. The molecule has 0 aliphatic rings. The Morgan fingerprint density at radius 1 is 0.750 bits per heavy atom. The highest BCUT2D eigenvalue weighted by molar-refractivity contribution is 6.07. The predicted octanol–water partition coefficient (Wildman–Crippen LogP) is 4.98. The number of nitrogens with one attached hydrogen (secondary N) is 2. The molecule has 0 atom stereocenters. The van der Waals surface area contributed by atoms with Crippen molar-refractivity contribution in [2.75, 3.05) is 10.6 Å². The maximum atomic E-state index is 12.7. The Bertz CT molecular complexity index is 968. The summed E-state index contributed by atoms with van der Waals surface area (Å²) in [6, 6.07) is 23.1. The van der Waals surface area contributed by atoms with Crippen LogP contribution in [0.2, 0.25) is 0 Å². The summed E-state index contributed by atoms with van der Waals surface area (Å²) < 4.78 is 5.71. The molecule has 0 unspecified atom stereocenters. The molecule has 0 spiro atoms. The van der Waals surface area contributed by atoms with E-state index in [9.17, 15) is 9.59 Å². The minimum atomic E-state index is -0.275. The molecular formula is C23H22N2O3. The lowest BCUT2D eigenvalue weighted by atomic mass is 10.1. The molecule has 5 nitrogen and oxygen atoms in total. The number of para-hydroxylation sites is 1. The van der Waals surface area contributed by atoms with Gasteiger partial charge in [0.25, 0.3) is 11.8 Å². The standard InChI is InChI=1S/C23H22N2O3/c1-16(2)28-21-14-7-6-13-20(21)23(27)25-19-12-8-11-18(15-19)24-22(26)17-9-4-3-5-10-17/h3-16H,1-2H3,(H,24,26)(H,25,27). The molecule has 3 rings (SSSR count). The Morgan fingerprint density at radius 3 is 2.04 bits per heavy atom. The Kier molecular flexibility index (Phi) is 6.07. The zero-order valence-corrected chi connectivity index (χ0v) is 15.8. The molecule has 3 aromatic carbocycles. The van der Waals surface area contributed by atoms with Crippen molar-refractivity contribution in [3.05, 3.63) is 90.0 Å². The average molecular weight is 374 g/mol. The van der Waals surface area contributed by atoms with Crippen LogP contribution in [0.1, 0.15) is 34.6 Å². The molecule has 2 amide bonds. The number of amides is 2. The Hall–Kier alpha value is -3.60. The number of carbonyl (C=O) groups excluding carboxylic acids is 2. The van der Waals surface area contributed by atoms with Crippen LogP contribution in [-0.4, -0.2) is 17.9 Å². The number of anilines is 2. The van der Waals surface area contributed by atoms with Gasteiger partial charge in [0.2, 0.25) is 0 Å². The maximum absolute atomic E-state index is 12.7. The van der Waals surface area contributed by atoms with E-state index in [4.69, 9.17) is 4.74 Å². The second-order valence-electron chi connectivity index (χ2n) is 6.52. The summed E-state index contributed by atoms with van der Waals surface area (Å²) in [6.07, 6.45) is -0.0366. The molecular weight excluding hydrogens is 352 g/mol. The van der Waals surface area contributed by atoms with Crippen LogP contribution >= 0.6 is 0 Å². The fourth-order valence-electron chi connectivity index (χ4n) is 2.68. The van der Waals surface area contributed by atoms with Crippen LogP contribution in [0, 0.1) is 0 Å². The lowest BCUT2D eigenvalue weighted by molar-refractivity contribution is 0.101. The summed E-state index contributed by atoms with van der Waals surface area (Å²) in [7, 11) is 0. The van der Waals surface area contributed by atoms with Crippen LogP contribution in [0.5, 0.6) is 5.75 Å². The molecule has 28 heavy (non-hydrogen) atoms. The molecule has 142 valence electrons. The molecule has 3 aromatic rings. The van der Waals surface area contributed by atoms with Crippen molar-refractivity contribution >= 4 is 23.2 Å². The summed E-state index contributed by atoms with van der Waals surface area (Å²) in [5, 5.41) is 5.69. The van der Waals surface area contributed by atoms with Gasteiger partial charge in [-0.1, -0.05) is 36.4 Å². The van der Waals surface area contributed by atoms with Gasteiger partial charge in [-0.15, -0.1) is 0 Å². The van der Waals surface area contributed by atoms with Gasteiger partial charge in [-0.05, 0) is 56.3 Å². The second-order valence-corrected chi connectivity index (χ2v) is 6.52.